The minimum absolute atomic E-state index is 0.0575. The standard InChI is InChI=1S/C26H32N2O6/c1-25(2,20(27)22(29)30)14-26(3,4)21(23(31)32)28-24(33)34-13-19-17-11-7-5-9-15(17)16-10-6-8-12-18(16)19/h5-12,19-21H,13-14,27H2,1-4H3,(H,28,33)(H,29,30)(H,31,32). The number of nitrogens with two attached hydrogens (primary N) is 1. The Morgan fingerprint density at radius 1 is 0.912 bits per heavy atom. The smallest absolute Gasteiger partial charge is 0.407 e. The van der Waals surface area contributed by atoms with Crippen LogP contribution in [-0.4, -0.2) is 46.9 Å². The third-order valence-corrected chi connectivity index (χ3v) is 6.65. The third-order valence-electron chi connectivity index (χ3n) is 6.65. The van der Waals surface area contributed by atoms with Gasteiger partial charge in [0.25, 0.3) is 0 Å². The summed E-state index contributed by atoms with van der Waals surface area (Å²) in [6.07, 6.45) is -0.698. The fourth-order valence-corrected chi connectivity index (χ4v) is 5.07. The van der Waals surface area contributed by atoms with Crippen molar-refractivity contribution in [3.8, 4) is 11.1 Å². The number of carboxylic acids is 2. The zero-order valence-electron chi connectivity index (χ0n) is 19.9. The maximum Gasteiger partial charge on any atom is 0.407 e. The van der Waals surface area contributed by atoms with Crippen LogP contribution < -0.4 is 11.1 Å². The molecular formula is C26H32N2O6. The van der Waals surface area contributed by atoms with Crippen LogP contribution in [0.5, 0.6) is 0 Å². The molecule has 1 aliphatic rings. The normalized spacial score (nSPS) is 15.1. The summed E-state index contributed by atoms with van der Waals surface area (Å²) in [5.74, 6) is -2.56. The van der Waals surface area contributed by atoms with Crippen LogP contribution in [0.2, 0.25) is 0 Å². The van der Waals surface area contributed by atoms with Crippen molar-refractivity contribution in [2.75, 3.05) is 6.61 Å². The second kappa shape index (κ2) is 9.46. The maximum atomic E-state index is 12.7. The van der Waals surface area contributed by atoms with Crippen LogP contribution in [0.25, 0.3) is 11.1 Å². The van der Waals surface area contributed by atoms with Crippen LogP contribution in [0.4, 0.5) is 4.79 Å². The Hall–Kier alpha value is -3.39. The number of carbonyl (C=O) groups is 3. The molecule has 0 aliphatic heterocycles. The predicted molar refractivity (Wildman–Crippen MR) is 127 cm³/mol. The summed E-state index contributed by atoms with van der Waals surface area (Å²) in [6.45, 7) is 6.71. The van der Waals surface area contributed by atoms with Crippen molar-refractivity contribution in [3.05, 3.63) is 59.7 Å². The van der Waals surface area contributed by atoms with Gasteiger partial charge in [-0.25, -0.2) is 9.59 Å². The molecule has 1 aliphatic carbocycles. The lowest BCUT2D eigenvalue weighted by Crippen LogP contribution is -2.54. The van der Waals surface area contributed by atoms with Crippen molar-refractivity contribution in [1.82, 2.24) is 5.32 Å². The number of amides is 1. The number of alkyl carbamates (subject to hydrolysis) is 1. The van der Waals surface area contributed by atoms with Crippen LogP contribution >= 0.6 is 0 Å². The highest BCUT2D eigenvalue weighted by atomic mass is 16.5. The molecule has 0 radical (unpaired) electrons. The van der Waals surface area contributed by atoms with Crippen LogP contribution in [0.1, 0.15) is 51.2 Å². The average Bonchev–Trinajstić information content (AvgIpc) is 3.08. The van der Waals surface area contributed by atoms with Gasteiger partial charge in [0.15, 0.2) is 0 Å². The van der Waals surface area contributed by atoms with Gasteiger partial charge in [-0.2, -0.15) is 0 Å². The van der Waals surface area contributed by atoms with E-state index in [0.29, 0.717) is 0 Å². The van der Waals surface area contributed by atoms with Gasteiger partial charge < -0.3 is 26.0 Å². The SMILES string of the molecule is CC(C)(CC(C)(C)C(NC(=O)OCC1c2ccccc2-c2ccccc21)C(=O)O)C(N)C(=O)O. The molecule has 3 rings (SSSR count). The third kappa shape index (κ3) is 5.07. The molecule has 0 bridgehead atoms. The molecule has 0 saturated carbocycles. The molecular weight excluding hydrogens is 436 g/mol. The first-order chi connectivity index (χ1) is 15.8. The second-order valence-corrected chi connectivity index (χ2v) is 10.2. The summed E-state index contributed by atoms with van der Waals surface area (Å²) >= 11 is 0. The largest absolute Gasteiger partial charge is 0.480 e. The molecule has 0 fully saturated rings. The van der Waals surface area contributed by atoms with Gasteiger partial charge in [-0.1, -0.05) is 76.2 Å². The number of ether oxygens (including phenoxy) is 1. The molecule has 1 amide bonds. The fourth-order valence-electron chi connectivity index (χ4n) is 5.07. The van der Waals surface area contributed by atoms with E-state index in [2.05, 4.69) is 5.32 Å². The van der Waals surface area contributed by atoms with E-state index in [9.17, 15) is 24.6 Å². The van der Waals surface area contributed by atoms with Gasteiger partial charge in [-0.15, -0.1) is 0 Å². The van der Waals surface area contributed by atoms with Gasteiger partial charge in [0.05, 0.1) is 0 Å². The highest BCUT2D eigenvalue weighted by Gasteiger charge is 2.44. The highest BCUT2D eigenvalue weighted by Crippen LogP contribution is 2.44. The Balaban J connectivity index is 1.71. The van der Waals surface area contributed by atoms with E-state index < -0.39 is 40.9 Å². The molecule has 8 heteroatoms. The van der Waals surface area contributed by atoms with Crippen LogP contribution in [0.3, 0.4) is 0 Å². The van der Waals surface area contributed by atoms with Gasteiger partial charge in [-0.05, 0) is 39.5 Å². The first kappa shape index (κ1) is 25.2. The summed E-state index contributed by atoms with van der Waals surface area (Å²) in [5.41, 5.74) is 8.19. The lowest BCUT2D eigenvalue weighted by Gasteiger charge is -2.40. The molecule has 2 atom stereocenters. The number of aliphatic carboxylic acids is 2. The van der Waals surface area contributed by atoms with Gasteiger partial charge in [-0.3, -0.25) is 4.79 Å². The molecule has 2 aromatic rings. The second-order valence-electron chi connectivity index (χ2n) is 10.2. The van der Waals surface area contributed by atoms with Crippen molar-refractivity contribution in [2.45, 2.75) is 52.1 Å². The zero-order valence-corrected chi connectivity index (χ0v) is 19.9. The van der Waals surface area contributed by atoms with E-state index in [-0.39, 0.29) is 18.9 Å². The molecule has 0 aromatic heterocycles. The molecule has 182 valence electrons. The Kier molecular flexibility index (Phi) is 7.02. The number of nitrogens with one attached hydrogen (secondary N) is 1. The summed E-state index contributed by atoms with van der Waals surface area (Å²) in [4.78, 5) is 36.1. The summed E-state index contributed by atoms with van der Waals surface area (Å²) in [7, 11) is 0. The summed E-state index contributed by atoms with van der Waals surface area (Å²) in [6, 6.07) is 13.4. The van der Waals surface area contributed by atoms with Gasteiger partial charge in [0.1, 0.15) is 18.7 Å². The van der Waals surface area contributed by atoms with Crippen LogP contribution in [0.15, 0.2) is 48.5 Å². The molecule has 5 N–H and O–H groups in total. The van der Waals surface area contributed by atoms with E-state index >= 15 is 0 Å². The topological polar surface area (TPSA) is 139 Å². The average molecular weight is 469 g/mol. The predicted octanol–water partition coefficient (Wildman–Crippen LogP) is 3.83. The fraction of sp³-hybridized carbons (Fsp3) is 0.423. The van der Waals surface area contributed by atoms with Crippen molar-refractivity contribution in [3.63, 3.8) is 0 Å². The van der Waals surface area contributed by atoms with Crippen molar-refractivity contribution < 1.29 is 29.3 Å². The van der Waals surface area contributed by atoms with Crippen molar-refractivity contribution in [2.24, 2.45) is 16.6 Å². The Morgan fingerprint density at radius 2 is 1.41 bits per heavy atom. The van der Waals surface area contributed by atoms with Gasteiger partial charge >= 0.3 is 18.0 Å². The molecule has 2 aromatic carbocycles. The van der Waals surface area contributed by atoms with Crippen LogP contribution in [0, 0.1) is 10.8 Å². The molecule has 34 heavy (non-hydrogen) atoms. The summed E-state index contributed by atoms with van der Waals surface area (Å²) < 4.78 is 5.50. The van der Waals surface area contributed by atoms with Crippen molar-refractivity contribution >= 4 is 18.0 Å². The Labute approximate surface area is 199 Å². The number of benzene rings is 2. The Bertz CT molecular complexity index is 1050. The number of carboxylic acid groups (broad SMARTS) is 2. The number of hydrogen-bond donors (Lipinski definition) is 4. The minimum atomic E-state index is -1.30. The molecule has 2 unspecified atom stereocenters. The lowest BCUT2D eigenvalue weighted by molar-refractivity contribution is -0.144. The number of fused-ring (bicyclic) bond motifs is 3. The first-order valence-electron chi connectivity index (χ1n) is 11.2. The molecule has 8 nitrogen and oxygen atoms in total. The van der Waals surface area contributed by atoms with Gasteiger partial charge in [0, 0.05) is 5.92 Å². The summed E-state index contributed by atoms with van der Waals surface area (Å²) in [5, 5.41) is 21.6. The van der Waals surface area contributed by atoms with Crippen LogP contribution in [-0.2, 0) is 14.3 Å². The molecule has 0 heterocycles. The van der Waals surface area contributed by atoms with E-state index in [4.69, 9.17) is 10.5 Å². The highest BCUT2D eigenvalue weighted by molar-refractivity contribution is 5.81. The van der Waals surface area contributed by atoms with Gasteiger partial charge in [0.2, 0.25) is 0 Å². The first-order valence-corrected chi connectivity index (χ1v) is 11.2. The maximum absolute atomic E-state index is 12.7. The van der Waals surface area contributed by atoms with Crippen molar-refractivity contribution in [1.29, 1.82) is 0 Å². The number of rotatable bonds is 9. The lowest BCUT2D eigenvalue weighted by atomic mass is 9.68. The number of hydrogen-bond acceptors (Lipinski definition) is 5. The van der Waals surface area contributed by atoms with E-state index in [1.54, 1.807) is 27.7 Å². The molecule has 0 saturated heterocycles. The van der Waals surface area contributed by atoms with E-state index in [0.717, 1.165) is 22.3 Å². The Morgan fingerprint density at radius 3 is 1.88 bits per heavy atom. The van der Waals surface area contributed by atoms with E-state index in [1.807, 2.05) is 48.5 Å². The zero-order chi connectivity index (χ0) is 25.3. The molecule has 0 spiro atoms. The quantitative estimate of drug-likeness (QED) is 0.438. The minimum Gasteiger partial charge on any atom is -0.480 e. The number of carbonyl (C=O) groups excluding carboxylic acids is 1. The van der Waals surface area contributed by atoms with E-state index in [1.165, 1.54) is 0 Å². The monoisotopic (exact) mass is 468 g/mol.